The topological polar surface area (TPSA) is 45.5 Å². The van der Waals surface area contributed by atoms with Crippen molar-refractivity contribution in [2.24, 2.45) is 0 Å². The lowest BCUT2D eigenvalue weighted by Gasteiger charge is -2.13. The van der Waals surface area contributed by atoms with E-state index < -0.39 is 0 Å². The Morgan fingerprint density at radius 3 is 2.35 bits per heavy atom. The van der Waals surface area contributed by atoms with Crippen LogP contribution in [0.4, 0.5) is 0 Å². The van der Waals surface area contributed by atoms with Crippen molar-refractivity contribution in [2.75, 3.05) is 20.8 Å². The van der Waals surface area contributed by atoms with Crippen LogP contribution in [0.15, 0.2) is 61.2 Å². The van der Waals surface area contributed by atoms with Crippen LogP contribution in [0, 0.1) is 0 Å². The number of nitrogens with zero attached hydrogens (tertiary/aromatic N) is 2. The lowest BCUT2D eigenvalue weighted by atomic mass is 10.1. The Hall–Kier alpha value is -2.66. The maximum Gasteiger partial charge on any atom is 0.146 e. The first-order chi connectivity index (χ1) is 12.3. The Bertz CT molecular complexity index is 789. The van der Waals surface area contributed by atoms with Crippen LogP contribution in [0.2, 0.25) is 0 Å². The number of ether oxygens (including phenoxy) is 3. The maximum absolute atomic E-state index is 6.02. The summed E-state index contributed by atoms with van der Waals surface area (Å²) in [6, 6.07) is 13.9. The first-order valence-electron chi connectivity index (χ1n) is 8.22. The summed E-state index contributed by atoms with van der Waals surface area (Å²) < 4.78 is 18.4. The molecule has 0 amide bonds. The van der Waals surface area contributed by atoms with Gasteiger partial charge in [0.25, 0.3) is 0 Å². The molecule has 0 unspecified atom stereocenters. The largest absolute Gasteiger partial charge is 0.497 e. The molecule has 3 aromatic rings. The van der Waals surface area contributed by atoms with E-state index in [2.05, 4.69) is 17.1 Å². The third-order valence-electron chi connectivity index (χ3n) is 3.98. The number of hydrogen-bond acceptors (Lipinski definition) is 4. The van der Waals surface area contributed by atoms with Gasteiger partial charge in [-0.1, -0.05) is 12.1 Å². The van der Waals surface area contributed by atoms with Crippen LogP contribution in [0.25, 0.3) is 5.69 Å². The van der Waals surface area contributed by atoms with Gasteiger partial charge >= 0.3 is 0 Å². The number of halogens is 1. The fraction of sp³-hybridized carbons (Fsp3) is 0.250. The zero-order valence-electron chi connectivity index (χ0n) is 14.9. The monoisotopic (exact) mass is 374 g/mol. The Labute approximate surface area is 160 Å². The first kappa shape index (κ1) is 19.7. The number of benzene rings is 2. The second-order valence-corrected chi connectivity index (χ2v) is 5.60. The predicted molar refractivity (Wildman–Crippen MR) is 104 cm³/mol. The van der Waals surface area contributed by atoms with E-state index in [1.54, 1.807) is 26.7 Å². The molecule has 1 heterocycles. The molecule has 0 atom stereocenters. The van der Waals surface area contributed by atoms with E-state index >= 15 is 0 Å². The fourth-order valence-electron chi connectivity index (χ4n) is 2.60. The smallest absolute Gasteiger partial charge is 0.146 e. The van der Waals surface area contributed by atoms with Gasteiger partial charge in [0.15, 0.2) is 0 Å². The third kappa shape index (κ3) is 4.92. The van der Waals surface area contributed by atoms with Crippen LogP contribution >= 0.6 is 12.4 Å². The van der Waals surface area contributed by atoms with Gasteiger partial charge in [-0.15, -0.1) is 12.4 Å². The van der Waals surface area contributed by atoms with Crippen LogP contribution in [-0.2, 0) is 6.42 Å². The standard InChI is InChI=1S/C20H22N2O3.ClH/c1-23-17-7-5-16(6-8-17)4-3-13-25-20-14-18(24-2)9-10-19(20)22-12-11-21-15-22;/h5-12,14-15H,3-4,13H2,1-2H3;1H. The molecule has 6 heteroatoms. The molecule has 26 heavy (non-hydrogen) atoms. The molecule has 3 rings (SSSR count). The highest BCUT2D eigenvalue weighted by atomic mass is 35.5. The average molecular weight is 375 g/mol. The molecule has 0 saturated heterocycles. The van der Waals surface area contributed by atoms with E-state index in [4.69, 9.17) is 14.2 Å². The van der Waals surface area contributed by atoms with Gasteiger partial charge in [0.05, 0.1) is 32.8 Å². The van der Waals surface area contributed by atoms with Crippen LogP contribution in [-0.4, -0.2) is 30.4 Å². The number of hydrogen-bond donors (Lipinski definition) is 0. The molecule has 0 aliphatic heterocycles. The summed E-state index contributed by atoms with van der Waals surface area (Å²) in [4.78, 5) is 4.10. The second kappa shape index (κ2) is 9.73. The van der Waals surface area contributed by atoms with Crippen molar-refractivity contribution in [1.82, 2.24) is 9.55 Å². The van der Waals surface area contributed by atoms with Gasteiger partial charge < -0.3 is 18.8 Å². The molecule has 0 N–H and O–H groups in total. The van der Waals surface area contributed by atoms with E-state index in [-0.39, 0.29) is 12.4 Å². The number of aromatic nitrogens is 2. The van der Waals surface area contributed by atoms with E-state index in [1.165, 1.54) is 5.56 Å². The fourth-order valence-corrected chi connectivity index (χ4v) is 2.60. The lowest BCUT2D eigenvalue weighted by Crippen LogP contribution is -2.03. The quantitative estimate of drug-likeness (QED) is 0.551. The molecule has 0 aliphatic rings. The molecule has 0 bridgehead atoms. The molecular weight excluding hydrogens is 352 g/mol. The minimum atomic E-state index is 0. The molecule has 0 saturated carbocycles. The molecule has 0 spiro atoms. The van der Waals surface area contributed by atoms with Crippen molar-refractivity contribution in [1.29, 1.82) is 0 Å². The summed E-state index contributed by atoms with van der Waals surface area (Å²) in [6.45, 7) is 0.626. The lowest BCUT2D eigenvalue weighted by molar-refractivity contribution is 0.307. The summed E-state index contributed by atoms with van der Waals surface area (Å²) in [5.74, 6) is 2.43. The Morgan fingerprint density at radius 2 is 1.69 bits per heavy atom. The zero-order chi connectivity index (χ0) is 17.5. The maximum atomic E-state index is 6.02. The van der Waals surface area contributed by atoms with E-state index in [1.807, 2.05) is 41.1 Å². The van der Waals surface area contributed by atoms with Crippen molar-refractivity contribution in [3.05, 3.63) is 66.7 Å². The van der Waals surface area contributed by atoms with Crippen LogP contribution < -0.4 is 14.2 Å². The SMILES string of the molecule is COc1ccc(CCCOc2cc(OC)ccc2-n2ccnc2)cc1.Cl. The van der Waals surface area contributed by atoms with Gasteiger partial charge in [0, 0.05) is 18.5 Å². The van der Waals surface area contributed by atoms with Gasteiger partial charge in [-0.05, 0) is 42.7 Å². The zero-order valence-corrected chi connectivity index (χ0v) is 15.7. The van der Waals surface area contributed by atoms with Crippen molar-refractivity contribution >= 4 is 12.4 Å². The van der Waals surface area contributed by atoms with Crippen molar-refractivity contribution in [2.45, 2.75) is 12.8 Å². The van der Waals surface area contributed by atoms with Crippen molar-refractivity contribution in [3.8, 4) is 22.9 Å². The highest BCUT2D eigenvalue weighted by molar-refractivity contribution is 5.85. The summed E-state index contributed by atoms with van der Waals surface area (Å²) >= 11 is 0. The van der Waals surface area contributed by atoms with Gasteiger partial charge in [0.2, 0.25) is 0 Å². The van der Waals surface area contributed by atoms with Crippen molar-refractivity contribution in [3.63, 3.8) is 0 Å². The number of imidazole rings is 1. The number of methoxy groups -OCH3 is 2. The minimum Gasteiger partial charge on any atom is -0.497 e. The molecule has 1 aromatic heterocycles. The Morgan fingerprint density at radius 1 is 0.962 bits per heavy atom. The van der Waals surface area contributed by atoms with Gasteiger partial charge in [0.1, 0.15) is 17.2 Å². The molecule has 0 fully saturated rings. The van der Waals surface area contributed by atoms with E-state index in [0.29, 0.717) is 6.61 Å². The second-order valence-electron chi connectivity index (χ2n) is 5.60. The summed E-state index contributed by atoms with van der Waals surface area (Å²) in [6.07, 6.45) is 7.27. The van der Waals surface area contributed by atoms with Gasteiger partial charge in [-0.2, -0.15) is 0 Å². The highest BCUT2D eigenvalue weighted by Crippen LogP contribution is 2.28. The van der Waals surface area contributed by atoms with Gasteiger partial charge in [-0.25, -0.2) is 4.98 Å². The average Bonchev–Trinajstić information content (AvgIpc) is 3.20. The number of aryl methyl sites for hydroxylation is 1. The Balaban J connectivity index is 0.00000243. The minimum absolute atomic E-state index is 0. The van der Waals surface area contributed by atoms with E-state index in [9.17, 15) is 0 Å². The van der Waals surface area contributed by atoms with Crippen molar-refractivity contribution < 1.29 is 14.2 Å². The van der Waals surface area contributed by atoms with Crippen LogP contribution in [0.5, 0.6) is 17.2 Å². The molecule has 138 valence electrons. The first-order valence-corrected chi connectivity index (χ1v) is 8.22. The summed E-state index contributed by atoms with van der Waals surface area (Å²) in [5.41, 5.74) is 2.22. The molecule has 0 radical (unpaired) electrons. The highest BCUT2D eigenvalue weighted by Gasteiger charge is 2.08. The van der Waals surface area contributed by atoms with E-state index in [0.717, 1.165) is 35.8 Å². The molecule has 0 aliphatic carbocycles. The normalized spacial score (nSPS) is 10.1. The molecule has 5 nitrogen and oxygen atoms in total. The molecule has 2 aromatic carbocycles. The van der Waals surface area contributed by atoms with Crippen LogP contribution in [0.1, 0.15) is 12.0 Å². The molecular formula is C20H23ClN2O3. The summed E-state index contributed by atoms with van der Waals surface area (Å²) in [7, 11) is 3.33. The summed E-state index contributed by atoms with van der Waals surface area (Å²) in [5, 5.41) is 0. The van der Waals surface area contributed by atoms with Gasteiger partial charge in [-0.3, -0.25) is 0 Å². The number of rotatable bonds is 8. The predicted octanol–water partition coefficient (Wildman–Crippen LogP) is 4.32. The Kier molecular flexibility index (Phi) is 7.36. The third-order valence-corrected chi connectivity index (χ3v) is 3.98. The van der Waals surface area contributed by atoms with Crippen LogP contribution in [0.3, 0.4) is 0 Å².